The van der Waals surface area contributed by atoms with Gasteiger partial charge in [-0.3, -0.25) is 0 Å². The second-order valence-corrected chi connectivity index (χ2v) is 6.48. The average Bonchev–Trinajstić information content (AvgIpc) is 2.39. The van der Waals surface area contributed by atoms with Gasteiger partial charge in [-0.25, -0.2) is 4.79 Å². The molecule has 1 N–H and O–H groups in total. The quantitative estimate of drug-likeness (QED) is 0.835. The lowest BCUT2D eigenvalue weighted by molar-refractivity contribution is 0.200. The molecule has 124 valence electrons. The number of hydrogen-bond donors (Lipinski definition) is 1. The third-order valence-corrected chi connectivity index (χ3v) is 3.37. The van der Waals surface area contributed by atoms with Gasteiger partial charge in [-0.05, 0) is 46.2 Å². The Morgan fingerprint density at radius 1 is 1.00 bits per heavy atom. The molecule has 0 aliphatic carbocycles. The van der Waals surface area contributed by atoms with Crippen molar-refractivity contribution in [2.75, 3.05) is 41.8 Å². The van der Waals surface area contributed by atoms with Gasteiger partial charge in [0.2, 0.25) is 0 Å². The second kappa shape index (κ2) is 8.76. The number of carbonyl (C=O) groups excluding carboxylic acids is 1. The van der Waals surface area contributed by atoms with Crippen LogP contribution in [0.1, 0.15) is 18.1 Å². The van der Waals surface area contributed by atoms with Gasteiger partial charge >= 0.3 is 6.03 Å². The van der Waals surface area contributed by atoms with Crippen LogP contribution in [0.25, 0.3) is 0 Å². The van der Waals surface area contributed by atoms with Crippen molar-refractivity contribution >= 4 is 6.03 Å². The summed E-state index contributed by atoms with van der Waals surface area (Å²) >= 11 is 0. The molecule has 5 nitrogen and oxygen atoms in total. The Hall–Kier alpha value is -1.59. The maximum Gasteiger partial charge on any atom is 0.317 e. The summed E-state index contributed by atoms with van der Waals surface area (Å²) in [7, 11) is 9.95. The molecule has 1 atom stereocenters. The van der Waals surface area contributed by atoms with Crippen molar-refractivity contribution in [3.63, 3.8) is 0 Å². The van der Waals surface area contributed by atoms with Gasteiger partial charge in [0.15, 0.2) is 0 Å². The minimum atomic E-state index is -0.0333. The molecule has 22 heavy (non-hydrogen) atoms. The number of likely N-dealkylation sites (N-methyl/N-ethyl adjacent to an activating group) is 1. The summed E-state index contributed by atoms with van der Waals surface area (Å²) < 4.78 is 0. The molecule has 1 unspecified atom stereocenters. The largest absolute Gasteiger partial charge is 0.334 e. The molecular formula is C17H30N4O. The lowest BCUT2D eigenvalue weighted by Crippen LogP contribution is -2.45. The lowest BCUT2D eigenvalue weighted by atomic mass is 10.1. The number of benzene rings is 1. The highest BCUT2D eigenvalue weighted by atomic mass is 16.2. The predicted molar refractivity (Wildman–Crippen MR) is 91.8 cm³/mol. The van der Waals surface area contributed by atoms with Crippen LogP contribution in [0.3, 0.4) is 0 Å². The molecule has 5 heteroatoms. The van der Waals surface area contributed by atoms with Crippen molar-refractivity contribution in [2.24, 2.45) is 0 Å². The topological polar surface area (TPSA) is 38.8 Å². The maximum absolute atomic E-state index is 12.3. The number of rotatable bonds is 7. The van der Waals surface area contributed by atoms with Crippen molar-refractivity contribution in [3.05, 3.63) is 35.4 Å². The van der Waals surface area contributed by atoms with Gasteiger partial charge in [0.05, 0.1) is 0 Å². The van der Waals surface area contributed by atoms with E-state index in [1.165, 1.54) is 11.1 Å². The van der Waals surface area contributed by atoms with E-state index in [0.717, 1.165) is 13.1 Å². The summed E-state index contributed by atoms with van der Waals surface area (Å²) in [4.78, 5) is 18.2. The fourth-order valence-corrected chi connectivity index (χ4v) is 2.45. The monoisotopic (exact) mass is 306 g/mol. The molecule has 1 aromatic rings. The molecule has 0 aromatic heterocycles. The maximum atomic E-state index is 12.3. The molecule has 1 rings (SSSR count). The molecule has 1 aromatic carbocycles. The van der Waals surface area contributed by atoms with Crippen LogP contribution in [0, 0.1) is 0 Å². The summed E-state index contributed by atoms with van der Waals surface area (Å²) in [6.07, 6.45) is 0. The van der Waals surface area contributed by atoms with Crippen LogP contribution in [0.4, 0.5) is 4.79 Å². The molecule has 0 spiro atoms. The van der Waals surface area contributed by atoms with E-state index in [2.05, 4.69) is 41.3 Å². The molecule has 0 heterocycles. The van der Waals surface area contributed by atoms with Crippen LogP contribution >= 0.6 is 0 Å². The molecular weight excluding hydrogens is 276 g/mol. The number of hydrogen-bond acceptors (Lipinski definition) is 3. The summed E-state index contributed by atoms with van der Waals surface area (Å²) in [6, 6.07) is 8.37. The molecule has 0 radical (unpaired) electrons. The molecule has 0 saturated carbocycles. The van der Waals surface area contributed by atoms with E-state index in [-0.39, 0.29) is 12.1 Å². The number of carbonyl (C=O) groups is 1. The van der Waals surface area contributed by atoms with Gasteiger partial charge in [0.25, 0.3) is 0 Å². The summed E-state index contributed by atoms with van der Waals surface area (Å²) in [5, 5.41) is 3.03. The highest BCUT2D eigenvalue weighted by Crippen LogP contribution is 2.12. The Morgan fingerprint density at radius 2 is 1.55 bits per heavy atom. The molecule has 0 fully saturated rings. The molecule has 0 saturated heterocycles. The molecule has 0 aliphatic heterocycles. The number of urea groups is 1. The second-order valence-electron chi connectivity index (χ2n) is 6.48. The molecule has 0 bridgehead atoms. The highest BCUT2D eigenvalue weighted by molar-refractivity contribution is 5.74. The van der Waals surface area contributed by atoms with E-state index in [1.54, 1.807) is 4.90 Å². The first-order chi connectivity index (χ1) is 10.3. The summed E-state index contributed by atoms with van der Waals surface area (Å²) in [6.45, 7) is 4.34. The van der Waals surface area contributed by atoms with Crippen molar-refractivity contribution in [3.8, 4) is 0 Å². The van der Waals surface area contributed by atoms with Gasteiger partial charge in [0.1, 0.15) is 0 Å². The zero-order valence-electron chi connectivity index (χ0n) is 14.8. The fourth-order valence-electron chi connectivity index (χ4n) is 2.45. The number of nitrogens with one attached hydrogen (secondary N) is 1. The summed E-state index contributed by atoms with van der Waals surface area (Å²) in [5.74, 6) is 0. The van der Waals surface area contributed by atoms with Crippen LogP contribution in [-0.2, 0) is 13.1 Å². The Bertz CT molecular complexity index is 473. The van der Waals surface area contributed by atoms with Crippen molar-refractivity contribution in [2.45, 2.75) is 26.1 Å². The SMILES string of the molecule is CC(CN(C)C)NC(=O)N(C)Cc1ccccc1CN(C)C. The standard InChI is InChI=1S/C17H30N4O/c1-14(11-19(2)3)18-17(22)21(6)13-16-10-8-7-9-15(16)12-20(4)5/h7-10,14H,11-13H2,1-6H3,(H,18,22). The first-order valence-electron chi connectivity index (χ1n) is 7.67. The van der Waals surface area contributed by atoms with Crippen LogP contribution in [0.2, 0.25) is 0 Å². The van der Waals surface area contributed by atoms with Crippen LogP contribution < -0.4 is 5.32 Å². The first kappa shape index (κ1) is 18.5. The Morgan fingerprint density at radius 3 is 2.05 bits per heavy atom. The Labute approximate surface area is 134 Å². The van der Waals surface area contributed by atoms with Crippen molar-refractivity contribution < 1.29 is 4.79 Å². The minimum absolute atomic E-state index is 0.0333. The predicted octanol–water partition coefficient (Wildman–Crippen LogP) is 1.84. The normalized spacial score (nSPS) is 12.5. The average molecular weight is 306 g/mol. The van der Waals surface area contributed by atoms with Gasteiger partial charge in [-0.15, -0.1) is 0 Å². The number of nitrogens with zero attached hydrogens (tertiary/aromatic N) is 3. The van der Waals surface area contributed by atoms with E-state index in [1.807, 2.05) is 40.2 Å². The van der Waals surface area contributed by atoms with E-state index in [0.29, 0.717) is 6.54 Å². The Kier molecular flexibility index (Phi) is 7.35. The van der Waals surface area contributed by atoms with E-state index < -0.39 is 0 Å². The minimum Gasteiger partial charge on any atom is -0.334 e. The highest BCUT2D eigenvalue weighted by Gasteiger charge is 2.14. The smallest absolute Gasteiger partial charge is 0.317 e. The third kappa shape index (κ3) is 6.45. The van der Waals surface area contributed by atoms with Gasteiger partial charge < -0.3 is 20.0 Å². The van der Waals surface area contributed by atoms with Crippen LogP contribution in [0.5, 0.6) is 0 Å². The van der Waals surface area contributed by atoms with Crippen LogP contribution in [0.15, 0.2) is 24.3 Å². The van der Waals surface area contributed by atoms with Crippen LogP contribution in [-0.4, -0.2) is 68.6 Å². The summed E-state index contributed by atoms with van der Waals surface area (Å²) in [5.41, 5.74) is 2.45. The zero-order chi connectivity index (χ0) is 16.7. The van der Waals surface area contributed by atoms with Crippen molar-refractivity contribution in [1.29, 1.82) is 0 Å². The first-order valence-corrected chi connectivity index (χ1v) is 7.67. The fraction of sp³-hybridized carbons (Fsp3) is 0.588. The van der Waals surface area contributed by atoms with Gasteiger partial charge in [-0.1, -0.05) is 24.3 Å². The van der Waals surface area contributed by atoms with E-state index >= 15 is 0 Å². The lowest BCUT2D eigenvalue weighted by Gasteiger charge is -2.24. The van der Waals surface area contributed by atoms with Gasteiger partial charge in [0, 0.05) is 32.7 Å². The Balaban J connectivity index is 2.64. The van der Waals surface area contributed by atoms with E-state index in [9.17, 15) is 4.79 Å². The van der Waals surface area contributed by atoms with E-state index in [4.69, 9.17) is 0 Å². The number of amides is 2. The van der Waals surface area contributed by atoms with Gasteiger partial charge in [-0.2, -0.15) is 0 Å². The molecule has 2 amide bonds. The van der Waals surface area contributed by atoms with Crippen molar-refractivity contribution in [1.82, 2.24) is 20.0 Å². The third-order valence-electron chi connectivity index (χ3n) is 3.37. The molecule has 0 aliphatic rings. The zero-order valence-corrected chi connectivity index (χ0v) is 14.8.